The second-order valence-corrected chi connectivity index (χ2v) is 4.77. The lowest BCUT2D eigenvalue weighted by molar-refractivity contribution is 0.290. The number of pyridine rings is 2. The number of aliphatic hydroxyl groups excluding tert-OH is 1. The van der Waals surface area contributed by atoms with E-state index in [1.165, 1.54) is 0 Å². The molecule has 0 atom stereocenters. The van der Waals surface area contributed by atoms with Crippen LogP contribution in [0.4, 0.5) is 5.69 Å². The number of fused-ring (bicyclic) bond motifs is 1. The zero-order chi connectivity index (χ0) is 12.3. The average Bonchev–Trinajstić information content (AvgIpc) is 2.34. The summed E-state index contributed by atoms with van der Waals surface area (Å²) in [5.74, 6) is 0. The molecule has 0 amide bonds. The van der Waals surface area contributed by atoms with Gasteiger partial charge in [-0.1, -0.05) is 0 Å². The van der Waals surface area contributed by atoms with E-state index in [1.54, 1.807) is 12.4 Å². The van der Waals surface area contributed by atoms with Gasteiger partial charge in [0.2, 0.25) is 0 Å². The standard InChI is InChI=1S/C12H14BrN3O/c1-16(5-2-6-17)11-3-4-14-10-7-9(13)8-15-12(10)11/h3-4,7-8,17H,2,5-6H2,1H3. The molecule has 90 valence electrons. The van der Waals surface area contributed by atoms with Crippen LogP contribution in [0.25, 0.3) is 11.0 Å². The molecule has 17 heavy (non-hydrogen) atoms. The van der Waals surface area contributed by atoms with E-state index in [0.717, 1.165) is 34.2 Å². The van der Waals surface area contributed by atoms with Crippen molar-refractivity contribution in [3.8, 4) is 0 Å². The van der Waals surface area contributed by atoms with E-state index in [-0.39, 0.29) is 6.61 Å². The minimum atomic E-state index is 0.201. The molecule has 0 saturated carbocycles. The second-order valence-electron chi connectivity index (χ2n) is 3.85. The smallest absolute Gasteiger partial charge is 0.112 e. The molecule has 0 unspecified atom stereocenters. The quantitative estimate of drug-likeness (QED) is 0.940. The van der Waals surface area contributed by atoms with Gasteiger partial charge in [-0.25, -0.2) is 0 Å². The highest BCUT2D eigenvalue weighted by Crippen LogP contribution is 2.24. The Morgan fingerprint density at radius 3 is 3.00 bits per heavy atom. The SMILES string of the molecule is CN(CCCO)c1ccnc2cc(Br)cnc12. The molecule has 0 aliphatic carbocycles. The van der Waals surface area contributed by atoms with Crippen molar-refractivity contribution < 1.29 is 5.11 Å². The molecular formula is C12H14BrN3O. The van der Waals surface area contributed by atoms with Crippen LogP contribution in [0.5, 0.6) is 0 Å². The summed E-state index contributed by atoms with van der Waals surface area (Å²) in [5.41, 5.74) is 2.79. The molecule has 0 aliphatic heterocycles. The van der Waals surface area contributed by atoms with Crippen LogP contribution >= 0.6 is 15.9 Å². The van der Waals surface area contributed by atoms with Crippen molar-refractivity contribution in [1.82, 2.24) is 9.97 Å². The van der Waals surface area contributed by atoms with Gasteiger partial charge in [0, 0.05) is 37.1 Å². The summed E-state index contributed by atoms with van der Waals surface area (Å²) < 4.78 is 0.924. The molecule has 0 aliphatic rings. The highest BCUT2D eigenvalue weighted by Gasteiger charge is 2.07. The number of hydrogen-bond donors (Lipinski definition) is 1. The first-order valence-electron chi connectivity index (χ1n) is 5.44. The van der Waals surface area contributed by atoms with Gasteiger partial charge in [0.15, 0.2) is 0 Å². The number of rotatable bonds is 4. The monoisotopic (exact) mass is 295 g/mol. The molecule has 2 aromatic rings. The summed E-state index contributed by atoms with van der Waals surface area (Å²) >= 11 is 3.39. The summed E-state index contributed by atoms with van der Waals surface area (Å²) in [6.07, 6.45) is 4.30. The van der Waals surface area contributed by atoms with Crippen LogP contribution in [0, 0.1) is 0 Å². The third-order valence-electron chi connectivity index (χ3n) is 2.59. The fourth-order valence-electron chi connectivity index (χ4n) is 1.73. The molecule has 0 fully saturated rings. The third-order valence-corrected chi connectivity index (χ3v) is 3.02. The summed E-state index contributed by atoms with van der Waals surface area (Å²) in [6.45, 7) is 1.000. The Morgan fingerprint density at radius 2 is 2.24 bits per heavy atom. The lowest BCUT2D eigenvalue weighted by atomic mass is 10.2. The predicted octanol–water partition coefficient (Wildman–Crippen LogP) is 2.21. The van der Waals surface area contributed by atoms with Gasteiger partial charge in [0.1, 0.15) is 5.52 Å². The average molecular weight is 296 g/mol. The Balaban J connectivity index is 2.40. The molecule has 2 rings (SSSR count). The Bertz CT molecular complexity index is 518. The Kier molecular flexibility index (Phi) is 3.91. The first-order valence-corrected chi connectivity index (χ1v) is 6.24. The fraction of sp³-hybridized carbons (Fsp3) is 0.333. The van der Waals surface area contributed by atoms with E-state index >= 15 is 0 Å². The number of halogens is 1. The molecule has 0 aromatic carbocycles. The maximum Gasteiger partial charge on any atom is 0.112 e. The van der Waals surface area contributed by atoms with Crippen molar-refractivity contribution in [2.75, 3.05) is 25.1 Å². The minimum absolute atomic E-state index is 0.201. The van der Waals surface area contributed by atoms with Crippen LogP contribution in [0.2, 0.25) is 0 Å². The molecule has 0 saturated heterocycles. The Morgan fingerprint density at radius 1 is 1.41 bits per heavy atom. The zero-order valence-electron chi connectivity index (χ0n) is 9.60. The lowest BCUT2D eigenvalue weighted by Crippen LogP contribution is -2.19. The lowest BCUT2D eigenvalue weighted by Gasteiger charge is -2.19. The van der Waals surface area contributed by atoms with E-state index in [9.17, 15) is 0 Å². The topological polar surface area (TPSA) is 49.2 Å². The van der Waals surface area contributed by atoms with Gasteiger partial charge < -0.3 is 10.0 Å². The number of hydrogen-bond acceptors (Lipinski definition) is 4. The summed E-state index contributed by atoms with van der Waals surface area (Å²) in [4.78, 5) is 10.8. The van der Waals surface area contributed by atoms with Gasteiger partial charge in [0.25, 0.3) is 0 Å². The molecule has 0 bridgehead atoms. The van der Waals surface area contributed by atoms with E-state index < -0.39 is 0 Å². The molecule has 0 radical (unpaired) electrons. The molecule has 1 N–H and O–H groups in total. The summed E-state index contributed by atoms with van der Waals surface area (Å²) in [5, 5.41) is 8.85. The molecule has 0 spiro atoms. The van der Waals surface area contributed by atoms with Crippen molar-refractivity contribution in [2.45, 2.75) is 6.42 Å². The highest BCUT2D eigenvalue weighted by molar-refractivity contribution is 9.10. The van der Waals surface area contributed by atoms with E-state index in [2.05, 4.69) is 30.8 Å². The summed E-state index contributed by atoms with van der Waals surface area (Å²) in [6, 6.07) is 3.90. The van der Waals surface area contributed by atoms with E-state index in [0.29, 0.717) is 0 Å². The minimum Gasteiger partial charge on any atom is -0.396 e. The van der Waals surface area contributed by atoms with Crippen molar-refractivity contribution in [3.63, 3.8) is 0 Å². The molecular weight excluding hydrogens is 282 g/mol. The normalized spacial score (nSPS) is 10.8. The largest absolute Gasteiger partial charge is 0.396 e. The number of nitrogens with zero attached hydrogens (tertiary/aromatic N) is 3. The van der Waals surface area contributed by atoms with Crippen LogP contribution in [0.15, 0.2) is 29.0 Å². The van der Waals surface area contributed by atoms with Gasteiger partial charge in [-0.15, -0.1) is 0 Å². The Hall–Kier alpha value is -1.20. The van der Waals surface area contributed by atoms with Crippen LogP contribution < -0.4 is 4.90 Å². The second kappa shape index (κ2) is 5.42. The van der Waals surface area contributed by atoms with Crippen LogP contribution in [0.3, 0.4) is 0 Å². The number of anilines is 1. The van der Waals surface area contributed by atoms with Crippen LogP contribution in [-0.2, 0) is 0 Å². The van der Waals surface area contributed by atoms with Crippen molar-refractivity contribution >= 4 is 32.7 Å². The van der Waals surface area contributed by atoms with E-state index in [1.807, 2.05) is 19.2 Å². The van der Waals surface area contributed by atoms with Gasteiger partial charge in [-0.05, 0) is 34.5 Å². The van der Waals surface area contributed by atoms with Crippen LogP contribution in [-0.4, -0.2) is 35.3 Å². The predicted molar refractivity (Wildman–Crippen MR) is 72.2 cm³/mol. The Labute approximate surface area is 108 Å². The van der Waals surface area contributed by atoms with Crippen LogP contribution in [0.1, 0.15) is 6.42 Å². The first-order chi connectivity index (χ1) is 8.22. The molecule has 4 nitrogen and oxygen atoms in total. The molecule has 5 heteroatoms. The van der Waals surface area contributed by atoms with Crippen molar-refractivity contribution in [3.05, 3.63) is 29.0 Å². The summed E-state index contributed by atoms with van der Waals surface area (Å²) in [7, 11) is 1.99. The van der Waals surface area contributed by atoms with Gasteiger partial charge >= 0.3 is 0 Å². The molecule has 2 aromatic heterocycles. The maximum atomic E-state index is 8.85. The van der Waals surface area contributed by atoms with E-state index in [4.69, 9.17) is 5.11 Å². The van der Waals surface area contributed by atoms with Gasteiger partial charge in [0.05, 0.1) is 11.2 Å². The van der Waals surface area contributed by atoms with Crippen molar-refractivity contribution in [2.24, 2.45) is 0 Å². The zero-order valence-corrected chi connectivity index (χ0v) is 11.2. The third kappa shape index (κ3) is 2.73. The first kappa shape index (κ1) is 12.3. The van der Waals surface area contributed by atoms with Gasteiger partial charge in [-0.2, -0.15) is 0 Å². The maximum absolute atomic E-state index is 8.85. The van der Waals surface area contributed by atoms with Gasteiger partial charge in [-0.3, -0.25) is 9.97 Å². The fourth-order valence-corrected chi connectivity index (χ4v) is 2.05. The highest BCUT2D eigenvalue weighted by atomic mass is 79.9. The van der Waals surface area contributed by atoms with Crippen molar-refractivity contribution in [1.29, 1.82) is 0 Å². The number of aliphatic hydroxyl groups is 1. The number of aromatic nitrogens is 2. The molecule has 2 heterocycles.